The van der Waals surface area contributed by atoms with Crippen LogP contribution in [0.15, 0.2) is 36.5 Å². The molecule has 0 fully saturated rings. The normalized spacial score (nSPS) is 10.8. The Morgan fingerprint density at radius 3 is 3.00 bits per heavy atom. The van der Waals surface area contributed by atoms with E-state index in [2.05, 4.69) is 45.4 Å². The molecule has 19 heavy (non-hydrogen) atoms. The number of aryl methyl sites for hydroxylation is 1. The fourth-order valence-corrected chi connectivity index (χ4v) is 2.23. The van der Waals surface area contributed by atoms with Gasteiger partial charge < -0.3 is 10.3 Å². The molecule has 2 aromatic heterocycles. The van der Waals surface area contributed by atoms with E-state index in [1.807, 2.05) is 18.3 Å². The molecule has 3 rings (SSSR count). The highest BCUT2D eigenvalue weighted by Crippen LogP contribution is 2.21. The average molecular weight is 273 g/mol. The van der Waals surface area contributed by atoms with Gasteiger partial charge >= 0.3 is 0 Å². The van der Waals surface area contributed by atoms with E-state index in [0.29, 0.717) is 6.54 Å². The van der Waals surface area contributed by atoms with Crippen LogP contribution in [0.5, 0.6) is 0 Å². The zero-order chi connectivity index (χ0) is 13.2. The van der Waals surface area contributed by atoms with Crippen molar-refractivity contribution in [2.24, 2.45) is 0 Å². The SMILES string of the molecule is Cc1cccc(CNc2nc(Cl)nc3[nH]ccc23)c1. The fourth-order valence-electron chi connectivity index (χ4n) is 2.06. The van der Waals surface area contributed by atoms with Gasteiger partial charge in [0.1, 0.15) is 11.5 Å². The molecule has 2 N–H and O–H groups in total. The number of anilines is 1. The molecule has 0 aliphatic heterocycles. The molecule has 0 unspecified atom stereocenters. The Kier molecular flexibility index (Phi) is 3.09. The minimum absolute atomic E-state index is 0.238. The molecular weight excluding hydrogens is 260 g/mol. The molecule has 0 aliphatic carbocycles. The Hall–Kier alpha value is -2.07. The average Bonchev–Trinajstić information content (AvgIpc) is 2.84. The van der Waals surface area contributed by atoms with E-state index in [0.717, 1.165) is 16.9 Å². The van der Waals surface area contributed by atoms with Gasteiger partial charge in [-0.1, -0.05) is 29.8 Å². The van der Waals surface area contributed by atoms with Gasteiger partial charge in [0, 0.05) is 12.7 Å². The number of fused-ring (bicyclic) bond motifs is 1. The van der Waals surface area contributed by atoms with Gasteiger partial charge in [-0.05, 0) is 30.2 Å². The van der Waals surface area contributed by atoms with E-state index < -0.39 is 0 Å². The zero-order valence-corrected chi connectivity index (χ0v) is 11.2. The molecule has 0 atom stereocenters. The Labute approximate surface area is 115 Å². The first-order valence-corrected chi connectivity index (χ1v) is 6.40. The largest absolute Gasteiger partial charge is 0.365 e. The molecular formula is C14H13ClN4. The summed E-state index contributed by atoms with van der Waals surface area (Å²) in [7, 11) is 0. The molecule has 96 valence electrons. The first-order valence-electron chi connectivity index (χ1n) is 6.02. The minimum atomic E-state index is 0.238. The van der Waals surface area contributed by atoms with Gasteiger partial charge in [-0.25, -0.2) is 4.98 Å². The van der Waals surface area contributed by atoms with Crippen molar-refractivity contribution >= 4 is 28.5 Å². The second-order valence-electron chi connectivity index (χ2n) is 4.42. The number of H-pyrrole nitrogens is 1. The highest BCUT2D eigenvalue weighted by atomic mass is 35.5. The van der Waals surface area contributed by atoms with E-state index >= 15 is 0 Å². The maximum atomic E-state index is 5.91. The third-order valence-corrected chi connectivity index (χ3v) is 3.10. The van der Waals surface area contributed by atoms with Crippen molar-refractivity contribution in [3.63, 3.8) is 0 Å². The van der Waals surface area contributed by atoms with Gasteiger partial charge in [0.25, 0.3) is 0 Å². The van der Waals surface area contributed by atoms with Crippen LogP contribution in [-0.2, 0) is 6.54 Å². The van der Waals surface area contributed by atoms with E-state index in [1.165, 1.54) is 11.1 Å². The Bertz CT molecular complexity index is 720. The maximum absolute atomic E-state index is 5.91. The Morgan fingerprint density at radius 2 is 2.16 bits per heavy atom. The van der Waals surface area contributed by atoms with E-state index in [9.17, 15) is 0 Å². The van der Waals surface area contributed by atoms with Crippen molar-refractivity contribution in [3.8, 4) is 0 Å². The maximum Gasteiger partial charge on any atom is 0.226 e. The highest BCUT2D eigenvalue weighted by molar-refractivity contribution is 6.28. The number of benzene rings is 1. The molecule has 5 heteroatoms. The monoisotopic (exact) mass is 272 g/mol. The van der Waals surface area contributed by atoms with E-state index in [4.69, 9.17) is 11.6 Å². The molecule has 4 nitrogen and oxygen atoms in total. The van der Waals surface area contributed by atoms with Gasteiger partial charge in [-0.3, -0.25) is 0 Å². The van der Waals surface area contributed by atoms with Crippen molar-refractivity contribution < 1.29 is 0 Å². The number of aromatic nitrogens is 3. The molecule has 0 bridgehead atoms. The topological polar surface area (TPSA) is 53.6 Å². The number of hydrogen-bond acceptors (Lipinski definition) is 3. The standard InChI is InChI=1S/C14H13ClN4/c1-9-3-2-4-10(7-9)8-17-13-11-5-6-16-12(11)18-14(15)19-13/h2-7H,8H2,1H3,(H2,16,17,18,19). The summed E-state index contributed by atoms with van der Waals surface area (Å²) in [4.78, 5) is 11.4. The molecule has 2 heterocycles. The quantitative estimate of drug-likeness (QED) is 0.717. The lowest BCUT2D eigenvalue weighted by atomic mass is 10.1. The first kappa shape index (κ1) is 12.0. The summed E-state index contributed by atoms with van der Waals surface area (Å²) in [6, 6.07) is 10.3. The lowest BCUT2D eigenvalue weighted by Crippen LogP contribution is -2.03. The van der Waals surface area contributed by atoms with Gasteiger partial charge in [0.2, 0.25) is 5.28 Å². The van der Waals surface area contributed by atoms with Crippen molar-refractivity contribution in [3.05, 3.63) is 52.9 Å². The lowest BCUT2D eigenvalue weighted by molar-refractivity contribution is 1.10. The summed E-state index contributed by atoms with van der Waals surface area (Å²) < 4.78 is 0. The second kappa shape index (κ2) is 4.90. The summed E-state index contributed by atoms with van der Waals surface area (Å²) >= 11 is 5.91. The molecule has 3 aromatic rings. The van der Waals surface area contributed by atoms with Crippen LogP contribution in [0.4, 0.5) is 5.82 Å². The van der Waals surface area contributed by atoms with Crippen LogP contribution in [0, 0.1) is 6.92 Å². The predicted octanol–water partition coefficient (Wildman–Crippen LogP) is 3.53. The van der Waals surface area contributed by atoms with Gasteiger partial charge in [0.05, 0.1) is 5.39 Å². The third-order valence-electron chi connectivity index (χ3n) is 2.93. The van der Waals surface area contributed by atoms with Crippen molar-refractivity contribution in [2.45, 2.75) is 13.5 Å². The Morgan fingerprint density at radius 1 is 1.26 bits per heavy atom. The summed E-state index contributed by atoms with van der Waals surface area (Å²) in [6.45, 7) is 2.78. The number of halogens is 1. The third kappa shape index (κ3) is 2.53. The molecule has 0 aliphatic rings. The lowest BCUT2D eigenvalue weighted by Gasteiger charge is -2.07. The molecule has 1 aromatic carbocycles. The van der Waals surface area contributed by atoms with Crippen LogP contribution < -0.4 is 5.32 Å². The number of rotatable bonds is 3. The summed E-state index contributed by atoms with van der Waals surface area (Å²) in [5.41, 5.74) is 3.19. The minimum Gasteiger partial charge on any atom is -0.365 e. The fraction of sp³-hybridized carbons (Fsp3) is 0.143. The highest BCUT2D eigenvalue weighted by Gasteiger charge is 2.07. The van der Waals surface area contributed by atoms with E-state index in [-0.39, 0.29) is 5.28 Å². The number of nitrogens with zero attached hydrogens (tertiary/aromatic N) is 2. The molecule has 0 spiro atoms. The number of nitrogens with one attached hydrogen (secondary N) is 2. The molecule has 0 radical (unpaired) electrons. The Balaban J connectivity index is 1.87. The van der Waals surface area contributed by atoms with Crippen molar-refractivity contribution in [2.75, 3.05) is 5.32 Å². The zero-order valence-electron chi connectivity index (χ0n) is 10.4. The van der Waals surface area contributed by atoms with E-state index in [1.54, 1.807) is 0 Å². The van der Waals surface area contributed by atoms with Gasteiger partial charge in [0.15, 0.2) is 0 Å². The van der Waals surface area contributed by atoms with Crippen molar-refractivity contribution in [1.29, 1.82) is 0 Å². The predicted molar refractivity (Wildman–Crippen MR) is 77.4 cm³/mol. The molecule has 0 amide bonds. The second-order valence-corrected chi connectivity index (χ2v) is 4.76. The number of aromatic amines is 1. The van der Waals surface area contributed by atoms with Crippen LogP contribution in [0.1, 0.15) is 11.1 Å². The summed E-state index contributed by atoms with van der Waals surface area (Å²) in [6.07, 6.45) is 1.83. The van der Waals surface area contributed by atoms with Crippen LogP contribution in [0.3, 0.4) is 0 Å². The van der Waals surface area contributed by atoms with Crippen LogP contribution in [0.25, 0.3) is 11.0 Å². The van der Waals surface area contributed by atoms with Gasteiger partial charge in [-0.2, -0.15) is 4.98 Å². The van der Waals surface area contributed by atoms with Crippen LogP contribution >= 0.6 is 11.6 Å². The summed E-state index contributed by atoms with van der Waals surface area (Å²) in [5.74, 6) is 0.748. The van der Waals surface area contributed by atoms with Crippen LogP contribution in [0.2, 0.25) is 5.28 Å². The smallest absolute Gasteiger partial charge is 0.226 e. The first-order chi connectivity index (χ1) is 9.22. The van der Waals surface area contributed by atoms with Gasteiger partial charge in [-0.15, -0.1) is 0 Å². The molecule has 0 saturated carbocycles. The molecule has 0 saturated heterocycles. The van der Waals surface area contributed by atoms with Crippen molar-refractivity contribution in [1.82, 2.24) is 15.0 Å². The number of hydrogen-bond donors (Lipinski definition) is 2. The summed E-state index contributed by atoms with van der Waals surface area (Å²) in [5, 5.41) is 4.48. The van der Waals surface area contributed by atoms with Crippen LogP contribution in [-0.4, -0.2) is 15.0 Å².